The fourth-order valence-electron chi connectivity index (χ4n) is 5.21. The first kappa shape index (κ1) is 21.8. The normalized spacial score (nSPS) is 41.4. The number of hydrogen-bond acceptors (Lipinski definition) is 8. The van der Waals surface area contributed by atoms with E-state index in [-0.39, 0.29) is 36.7 Å². The third kappa shape index (κ3) is 3.68. The van der Waals surface area contributed by atoms with Crippen molar-refractivity contribution in [2.75, 3.05) is 0 Å². The van der Waals surface area contributed by atoms with Gasteiger partial charge < -0.3 is 24.4 Å². The minimum absolute atomic E-state index is 0.106. The van der Waals surface area contributed by atoms with Gasteiger partial charge in [-0.25, -0.2) is 4.79 Å². The molecule has 2 saturated carbocycles. The van der Waals surface area contributed by atoms with Crippen molar-refractivity contribution in [2.24, 2.45) is 23.2 Å². The Morgan fingerprint density at radius 1 is 1.28 bits per heavy atom. The molecule has 3 aliphatic rings. The predicted octanol–water partition coefficient (Wildman–Crippen LogP) is 1.13. The Morgan fingerprint density at radius 2 is 1.93 bits per heavy atom. The molecule has 2 N–H and O–H groups in total. The summed E-state index contributed by atoms with van der Waals surface area (Å²) >= 11 is 0. The molecule has 29 heavy (non-hydrogen) atoms. The van der Waals surface area contributed by atoms with Crippen LogP contribution in [0.2, 0.25) is 0 Å². The summed E-state index contributed by atoms with van der Waals surface area (Å²) in [5.74, 6) is -2.74. The zero-order valence-electron chi connectivity index (χ0n) is 17.3. The first-order valence-corrected chi connectivity index (χ1v) is 10.1. The Hall–Kier alpha value is -1.93. The molecule has 1 saturated heterocycles. The van der Waals surface area contributed by atoms with E-state index in [0.29, 0.717) is 0 Å². The largest absolute Gasteiger partial charge is 0.462 e. The van der Waals surface area contributed by atoms with Crippen molar-refractivity contribution < 1.29 is 38.8 Å². The lowest BCUT2D eigenvalue weighted by atomic mass is 9.68. The molecule has 3 fully saturated rings. The number of hydrogen-bond donors (Lipinski definition) is 2. The van der Waals surface area contributed by atoms with E-state index >= 15 is 0 Å². The molecule has 0 amide bonds. The van der Waals surface area contributed by atoms with Gasteiger partial charge in [-0.1, -0.05) is 27.4 Å². The molecular formula is C21H30O8. The molecule has 0 bridgehead atoms. The molecule has 8 nitrogen and oxygen atoms in total. The van der Waals surface area contributed by atoms with Crippen LogP contribution >= 0.6 is 0 Å². The molecular weight excluding hydrogens is 380 g/mol. The highest BCUT2D eigenvalue weighted by atomic mass is 16.6. The molecule has 0 aromatic heterocycles. The van der Waals surface area contributed by atoms with Crippen LogP contribution in [0.3, 0.4) is 0 Å². The minimum atomic E-state index is -1.07. The molecule has 8 heteroatoms. The Balaban J connectivity index is 1.99. The van der Waals surface area contributed by atoms with Crippen LogP contribution in [0.15, 0.2) is 12.2 Å². The molecule has 162 valence electrons. The van der Waals surface area contributed by atoms with Gasteiger partial charge in [0.2, 0.25) is 0 Å². The monoisotopic (exact) mass is 410 g/mol. The van der Waals surface area contributed by atoms with Crippen LogP contribution in [0, 0.1) is 23.2 Å². The van der Waals surface area contributed by atoms with Crippen molar-refractivity contribution in [1.29, 1.82) is 0 Å². The number of ether oxygens (including phenoxy) is 3. The Bertz CT molecular complexity index is 715. The van der Waals surface area contributed by atoms with E-state index in [9.17, 15) is 24.6 Å². The Morgan fingerprint density at radius 3 is 2.52 bits per heavy atom. The quantitative estimate of drug-likeness (QED) is 0.402. The summed E-state index contributed by atoms with van der Waals surface area (Å²) in [6.45, 7) is 10.6. The number of aliphatic hydroxyl groups is 2. The number of fused-ring (bicyclic) bond motifs is 2. The van der Waals surface area contributed by atoms with Gasteiger partial charge in [-0.2, -0.15) is 0 Å². The lowest BCUT2D eigenvalue weighted by molar-refractivity contribution is -0.169. The molecule has 0 aromatic carbocycles. The number of aliphatic hydroxyl groups excluding tert-OH is 2. The molecule has 1 heterocycles. The van der Waals surface area contributed by atoms with Crippen molar-refractivity contribution in [2.45, 2.75) is 77.5 Å². The highest BCUT2D eigenvalue weighted by Gasteiger charge is 2.66. The average molecular weight is 410 g/mol. The first-order chi connectivity index (χ1) is 13.5. The van der Waals surface area contributed by atoms with Crippen LogP contribution in [0.4, 0.5) is 0 Å². The van der Waals surface area contributed by atoms with Crippen molar-refractivity contribution in [3.05, 3.63) is 12.2 Å². The summed E-state index contributed by atoms with van der Waals surface area (Å²) < 4.78 is 16.6. The van der Waals surface area contributed by atoms with Gasteiger partial charge in [0.15, 0.2) is 0 Å². The predicted molar refractivity (Wildman–Crippen MR) is 100 cm³/mol. The fraction of sp³-hybridized carbons (Fsp3) is 0.762. The minimum Gasteiger partial charge on any atom is -0.462 e. The van der Waals surface area contributed by atoms with Crippen LogP contribution in [0.1, 0.15) is 47.0 Å². The lowest BCUT2D eigenvalue weighted by Crippen LogP contribution is -2.50. The van der Waals surface area contributed by atoms with Crippen LogP contribution < -0.4 is 0 Å². The summed E-state index contributed by atoms with van der Waals surface area (Å²) in [5.41, 5.74) is -0.944. The Labute approximate surface area is 170 Å². The second-order valence-electron chi connectivity index (χ2n) is 9.10. The highest BCUT2D eigenvalue weighted by molar-refractivity contribution is 5.91. The number of carbonyl (C=O) groups excluding carboxylic acids is 3. The molecule has 0 spiro atoms. The van der Waals surface area contributed by atoms with E-state index in [2.05, 4.69) is 6.58 Å². The maximum absolute atomic E-state index is 12.3. The van der Waals surface area contributed by atoms with Crippen molar-refractivity contribution in [1.82, 2.24) is 0 Å². The maximum Gasteiger partial charge on any atom is 0.334 e. The number of rotatable bonds is 4. The maximum atomic E-state index is 12.3. The van der Waals surface area contributed by atoms with Crippen molar-refractivity contribution in [3.63, 3.8) is 0 Å². The SMILES string of the molecule is C=C1C(=O)OC2C(O)CC3C(OC(=O)CC(C)C)CC(O)C3(C)C(OC(C)=O)C12. The van der Waals surface area contributed by atoms with Gasteiger partial charge in [-0.15, -0.1) is 0 Å². The van der Waals surface area contributed by atoms with Crippen molar-refractivity contribution in [3.8, 4) is 0 Å². The Kier molecular flexibility index (Phi) is 5.80. The summed E-state index contributed by atoms with van der Waals surface area (Å²) in [7, 11) is 0. The molecule has 8 atom stereocenters. The standard InChI is InChI=1S/C21H30O8/c1-9(2)6-16(25)28-14-8-15(24)21(5)12(14)7-13(23)18-17(10(3)20(26)29-18)19(21)27-11(4)22/h9,12-15,17-19,23-24H,3,6-8H2,1-2,4-5H3. The molecule has 0 radical (unpaired) electrons. The van der Waals surface area contributed by atoms with Gasteiger partial charge in [0.1, 0.15) is 18.3 Å². The average Bonchev–Trinajstić information content (AvgIpc) is 2.98. The fourth-order valence-corrected chi connectivity index (χ4v) is 5.21. The van der Waals surface area contributed by atoms with E-state index in [1.165, 1.54) is 6.92 Å². The third-order valence-corrected chi connectivity index (χ3v) is 6.65. The molecule has 2 aliphatic carbocycles. The van der Waals surface area contributed by atoms with Gasteiger partial charge >= 0.3 is 17.9 Å². The topological polar surface area (TPSA) is 119 Å². The summed E-state index contributed by atoms with van der Waals surface area (Å²) in [6, 6.07) is 0. The van der Waals surface area contributed by atoms with E-state index < -0.39 is 59.7 Å². The zero-order valence-corrected chi connectivity index (χ0v) is 17.3. The highest BCUT2D eigenvalue weighted by Crippen LogP contribution is 2.57. The number of carbonyl (C=O) groups is 3. The van der Waals surface area contributed by atoms with Gasteiger partial charge in [0.25, 0.3) is 0 Å². The second kappa shape index (κ2) is 7.72. The van der Waals surface area contributed by atoms with E-state index in [0.717, 1.165) is 0 Å². The third-order valence-electron chi connectivity index (χ3n) is 6.65. The zero-order chi connectivity index (χ0) is 21.7. The second-order valence-corrected chi connectivity index (χ2v) is 9.10. The smallest absolute Gasteiger partial charge is 0.334 e. The lowest BCUT2D eigenvalue weighted by Gasteiger charge is -2.42. The van der Waals surface area contributed by atoms with Gasteiger partial charge in [-0.05, 0) is 12.3 Å². The molecule has 1 aliphatic heterocycles. The van der Waals surface area contributed by atoms with Gasteiger partial charge in [0, 0.05) is 36.7 Å². The first-order valence-electron chi connectivity index (χ1n) is 10.1. The molecule has 3 rings (SSSR count). The molecule has 0 aromatic rings. The summed E-state index contributed by atoms with van der Waals surface area (Å²) in [5, 5.41) is 21.8. The van der Waals surface area contributed by atoms with E-state index in [1.807, 2.05) is 13.8 Å². The van der Waals surface area contributed by atoms with Crippen LogP contribution in [-0.4, -0.2) is 58.6 Å². The van der Waals surface area contributed by atoms with E-state index in [1.54, 1.807) is 6.92 Å². The van der Waals surface area contributed by atoms with E-state index in [4.69, 9.17) is 14.2 Å². The summed E-state index contributed by atoms with van der Waals surface area (Å²) in [6.07, 6.45) is -4.02. The van der Waals surface area contributed by atoms with Crippen LogP contribution in [0.25, 0.3) is 0 Å². The van der Waals surface area contributed by atoms with Crippen LogP contribution in [-0.2, 0) is 28.6 Å². The van der Waals surface area contributed by atoms with Crippen LogP contribution in [0.5, 0.6) is 0 Å². The van der Waals surface area contributed by atoms with Gasteiger partial charge in [-0.3, -0.25) is 9.59 Å². The molecule has 8 unspecified atom stereocenters. The summed E-state index contributed by atoms with van der Waals surface area (Å²) in [4.78, 5) is 36.3. The van der Waals surface area contributed by atoms with Gasteiger partial charge in [0.05, 0.1) is 18.1 Å². The number of esters is 3. The van der Waals surface area contributed by atoms with Crippen molar-refractivity contribution >= 4 is 17.9 Å².